The third-order valence-corrected chi connectivity index (χ3v) is 6.50. The van der Waals surface area contributed by atoms with Crippen molar-refractivity contribution >= 4 is 28.3 Å². The fraction of sp³-hybridized carbons (Fsp3) is 0.333. The van der Waals surface area contributed by atoms with Gasteiger partial charge in [-0.1, -0.05) is 51.1 Å². The number of benzene rings is 2. The number of ether oxygens (including phenoxy) is 1. The summed E-state index contributed by atoms with van der Waals surface area (Å²) in [5, 5.41) is 4.91. The molecule has 0 radical (unpaired) electrons. The van der Waals surface area contributed by atoms with Crippen LogP contribution in [0, 0.1) is 0 Å². The summed E-state index contributed by atoms with van der Waals surface area (Å²) in [7, 11) is 0. The maximum absolute atomic E-state index is 12.2. The van der Waals surface area contributed by atoms with E-state index < -0.39 is 0 Å². The minimum Gasteiger partial charge on any atom is -0.494 e. The molecule has 0 saturated carbocycles. The second-order valence-corrected chi connectivity index (χ2v) is 10.1. The molecule has 0 spiro atoms. The summed E-state index contributed by atoms with van der Waals surface area (Å²) in [6.07, 6.45) is 1.55. The fourth-order valence-electron chi connectivity index (χ4n) is 3.81. The van der Waals surface area contributed by atoms with E-state index >= 15 is 0 Å². The summed E-state index contributed by atoms with van der Waals surface area (Å²) >= 11 is 1.45. The fourth-order valence-corrected chi connectivity index (χ4v) is 4.45. The number of rotatable bonds is 9. The maximum Gasteiger partial charge on any atom is 0.261 e. The minimum absolute atomic E-state index is 0.0291. The zero-order chi connectivity index (χ0) is 23.3. The molecule has 0 bridgehead atoms. The summed E-state index contributed by atoms with van der Waals surface area (Å²) in [6, 6.07) is 20.3. The number of hydrogen-bond acceptors (Lipinski definition) is 4. The molecule has 6 heteroatoms. The van der Waals surface area contributed by atoms with Crippen LogP contribution >= 0.6 is 11.3 Å². The van der Waals surface area contributed by atoms with Gasteiger partial charge in [-0.2, -0.15) is 0 Å². The Morgan fingerprint density at radius 1 is 1.06 bits per heavy atom. The summed E-state index contributed by atoms with van der Waals surface area (Å²) in [6.45, 7) is 8.64. The number of amides is 1. The van der Waals surface area contributed by atoms with Crippen LogP contribution in [0.5, 0.6) is 5.75 Å². The van der Waals surface area contributed by atoms with Gasteiger partial charge in [-0.15, -0.1) is 11.3 Å². The normalized spacial score (nSPS) is 11.6. The number of aromatic nitrogens is 2. The van der Waals surface area contributed by atoms with Crippen molar-refractivity contribution in [1.29, 1.82) is 0 Å². The molecule has 0 aliphatic rings. The number of nitrogens with zero attached hydrogens (tertiary/aromatic N) is 2. The summed E-state index contributed by atoms with van der Waals surface area (Å²) < 4.78 is 8.24. The standard InChI is InChI=1S/C27H31N3O2S/c1-27(2,3)20-11-13-21(14-12-20)32-18-7-17-30-23-9-5-4-8-22(23)29-25(30)15-16-28-26(31)24-10-6-19-33-24/h4-6,8-14,19H,7,15-18H2,1-3H3,(H,28,31). The van der Waals surface area contributed by atoms with Gasteiger partial charge in [-0.25, -0.2) is 4.98 Å². The van der Waals surface area contributed by atoms with Gasteiger partial charge in [-0.05, 0) is 53.1 Å². The first-order chi connectivity index (χ1) is 15.9. The quantitative estimate of drug-likeness (QED) is 0.319. The van der Waals surface area contributed by atoms with Crippen molar-refractivity contribution in [1.82, 2.24) is 14.9 Å². The van der Waals surface area contributed by atoms with Crippen LogP contribution in [0.2, 0.25) is 0 Å². The molecule has 1 N–H and O–H groups in total. The molecule has 4 rings (SSSR count). The lowest BCUT2D eigenvalue weighted by Gasteiger charge is -2.19. The lowest BCUT2D eigenvalue weighted by molar-refractivity contribution is 0.0958. The van der Waals surface area contributed by atoms with Crippen molar-refractivity contribution < 1.29 is 9.53 Å². The Labute approximate surface area is 199 Å². The van der Waals surface area contributed by atoms with Crippen LogP contribution in [0.3, 0.4) is 0 Å². The Morgan fingerprint density at radius 3 is 2.58 bits per heavy atom. The highest BCUT2D eigenvalue weighted by Crippen LogP contribution is 2.24. The second-order valence-electron chi connectivity index (χ2n) is 9.13. The van der Waals surface area contributed by atoms with Gasteiger partial charge < -0.3 is 14.6 Å². The molecule has 0 unspecified atom stereocenters. The Bertz CT molecular complexity index is 1190. The molecule has 172 valence electrons. The first-order valence-electron chi connectivity index (χ1n) is 11.4. The highest BCUT2D eigenvalue weighted by molar-refractivity contribution is 7.12. The number of fused-ring (bicyclic) bond motifs is 1. The number of imidazole rings is 1. The largest absolute Gasteiger partial charge is 0.494 e. The number of aryl methyl sites for hydroxylation is 1. The minimum atomic E-state index is -0.0291. The highest BCUT2D eigenvalue weighted by Gasteiger charge is 2.14. The molecule has 0 saturated heterocycles. The lowest BCUT2D eigenvalue weighted by atomic mass is 9.87. The van der Waals surface area contributed by atoms with E-state index in [2.05, 4.69) is 61.0 Å². The van der Waals surface area contributed by atoms with Gasteiger partial charge in [0.25, 0.3) is 5.91 Å². The van der Waals surface area contributed by atoms with Gasteiger partial charge in [0.1, 0.15) is 11.6 Å². The summed E-state index contributed by atoms with van der Waals surface area (Å²) in [5.41, 5.74) is 3.54. The Hall–Kier alpha value is -3.12. The Kier molecular flexibility index (Phi) is 7.14. The first kappa shape index (κ1) is 23.1. The van der Waals surface area contributed by atoms with E-state index in [-0.39, 0.29) is 11.3 Å². The maximum atomic E-state index is 12.2. The van der Waals surface area contributed by atoms with Gasteiger partial charge in [0, 0.05) is 19.5 Å². The van der Waals surface area contributed by atoms with Gasteiger partial charge >= 0.3 is 0 Å². The average molecular weight is 462 g/mol. The molecule has 4 aromatic rings. The molecule has 33 heavy (non-hydrogen) atoms. The zero-order valence-corrected chi connectivity index (χ0v) is 20.3. The predicted molar refractivity (Wildman–Crippen MR) is 135 cm³/mol. The van der Waals surface area contributed by atoms with E-state index in [1.54, 1.807) is 0 Å². The van der Waals surface area contributed by atoms with Crippen molar-refractivity contribution in [2.45, 2.75) is 45.6 Å². The molecule has 2 heterocycles. The van der Waals surface area contributed by atoms with Crippen LogP contribution in [-0.4, -0.2) is 28.6 Å². The molecular weight excluding hydrogens is 430 g/mol. The van der Waals surface area contributed by atoms with Crippen LogP contribution in [0.25, 0.3) is 11.0 Å². The van der Waals surface area contributed by atoms with Gasteiger partial charge in [-0.3, -0.25) is 4.79 Å². The van der Waals surface area contributed by atoms with E-state index in [4.69, 9.17) is 9.72 Å². The average Bonchev–Trinajstić information content (AvgIpc) is 3.45. The smallest absolute Gasteiger partial charge is 0.261 e. The van der Waals surface area contributed by atoms with E-state index in [1.165, 1.54) is 16.9 Å². The summed E-state index contributed by atoms with van der Waals surface area (Å²) in [4.78, 5) is 17.8. The first-order valence-corrected chi connectivity index (χ1v) is 12.3. The van der Waals surface area contributed by atoms with Crippen molar-refractivity contribution in [3.63, 3.8) is 0 Å². The van der Waals surface area contributed by atoms with E-state index in [1.807, 2.05) is 35.7 Å². The molecule has 0 aliphatic heterocycles. The van der Waals surface area contributed by atoms with Crippen LogP contribution in [0.15, 0.2) is 66.0 Å². The van der Waals surface area contributed by atoms with E-state index in [0.29, 0.717) is 19.6 Å². The lowest BCUT2D eigenvalue weighted by Crippen LogP contribution is -2.25. The van der Waals surface area contributed by atoms with E-state index in [0.717, 1.165) is 40.5 Å². The number of hydrogen-bond donors (Lipinski definition) is 1. The zero-order valence-electron chi connectivity index (χ0n) is 19.5. The van der Waals surface area contributed by atoms with Crippen molar-refractivity contribution in [3.8, 4) is 5.75 Å². The number of carbonyl (C=O) groups excluding carboxylic acids is 1. The second kappa shape index (κ2) is 10.2. The Balaban J connectivity index is 1.35. The molecule has 1 amide bonds. The van der Waals surface area contributed by atoms with Crippen LogP contribution in [0.4, 0.5) is 0 Å². The third-order valence-electron chi connectivity index (χ3n) is 5.63. The highest BCUT2D eigenvalue weighted by atomic mass is 32.1. The molecule has 0 aliphatic carbocycles. The van der Waals surface area contributed by atoms with Crippen LogP contribution in [-0.2, 0) is 18.4 Å². The Morgan fingerprint density at radius 2 is 1.85 bits per heavy atom. The molecule has 2 aromatic carbocycles. The summed E-state index contributed by atoms with van der Waals surface area (Å²) in [5.74, 6) is 1.85. The van der Waals surface area contributed by atoms with E-state index in [9.17, 15) is 4.79 Å². The molecule has 0 atom stereocenters. The van der Waals surface area contributed by atoms with Crippen LogP contribution in [0.1, 0.15) is 48.3 Å². The molecule has 0 fully saturated rings. The van der Waals surface area contributed by atoms with Crippen molar-refractivity contribution in [3.05, 3.63) is 82.3 Å². The number of nitrogens with one attached hydrogen (secondary N) is 1. The van der Waals surface area contributed by atoms with Gasteiger partial charge in [0.15, 0.2) is 0 Å². The van der Waals surface area contributed by atoms with Crippen molar-refractivity contribution in [2.75, 3.05) is 13.2 Å². The number of thiophene rings is 1. The topological polar surface area (TPSA) is 56.1 Å². The third kappa shape index (κ3) is 5.82. The molecule has 2 aromatic heterocycles. The van der Waals surface area contributed by atoms with Crippen LogP contribution < -0.4 is 10.1 Å². The SMILES string of the molecule is CC(C)(C)c1ccc(OCCCn2c(CCNC(=O)c3cccs3)nc3ccccc32)cc1. The monoisotopic (exact) mass is 461 g/mol. The predicted octanol–water partition coefficient (Wildman–Crippen LogP) is 5.84. The molecule has 5 nitrogen and oxygen atoms in total. The van der Waals surface area contributed by atoms with Crippen molar-refractivity contribution in [2.24, 2.45) is 0 Å². The van der Waals surface area contributed by atoms with Gasteiger partial charge in [0.2, 0.25) is 0 Å². The molecular formula is C27H31N3O2S. The number of para-hydroxylation sites is 2. The van der Waals surface area contributed by atoms with Gasteiger partial charge in [0.05, 0.1) is 22.5 Å². The number of carbonyl (C=O) groups is 1.